The van der Waals surface area contributed by atoms with E-state index in [0.717, 1.165) is 6.20 Å². The van der Waals surface area contributed by atoms with Crippen molar-refractivity contribution in [2.45, 2.75) is 31.0 Å². The Morgan fingerprint density at radius 3 is 2.81 bits per heavy atom. The van der Waals surface area contributed by atoms with Gasteiger partial charge in [0.25, 0.3) is 5.56 Å². The van der Waals surface area contributed by atoms with Gasteiger partial charge in [-0.25, -0.2) is 9.18 Å². The molecule has 0 saturated carbocycles. The van der Waals surface area contributed by atoms with Crippen molar-refractivity contribution in [3.05, 3.63) is 40.1 Å². The predicted molar refractivity (Wildman–Crippen MR) is 90.5 cm³/mol. The second-order valence-corrected chi connectivity index (χ2v) is 7.00. The summed E-state index contributed by atoms with van der Waals surface area (Å²) < 4.78 is 15.9. The molecule has 9 heteroatoms. The molecule has 1 atom stereocenters. The van der Waals surface area contributed by atoms with Crippen LogP contribution in [-0.4, -0.2) is 56.4 Å². The Hall–Kier alpha value is -2.52. The lowest BCUT2D eigenvalue weighted by molar-refractivity contribution is -0.0158. The van der Waals surface area contributed by atoms with E-state index in [0.29, 0.717) is 37.0 Å². The molecule has 2 aromatic heterocycles. The molecule has 0 spiro atoms. The summed E-state index contributed by atoms with van der Waals surface area (Å²) >= 11 is 0. The molecule has 2 aliphatic rings. The van der Waals surface area contributed by atoms with Crippen LogP contribution < -0.4 is 10.9 Å². The summed E-state index contributed by atoms with van der Waals surface area (Å²) in [6, 6.07) is 2.78. The second kappa shape index (κ2) is 6.03. The fourth-order valence-electron chi connectivity index (χ4n) is 4.09. The molecule has 26 heavy (non-hydrogen) atoms. The average Bonchev–Trinajstić information content (AvgIpc) is 2.90. The fourth-order valence-corrected chi connectivity index (χ4v) is 4.09. The van der Waals surface area contributed by atoms with Crippen molar-refractivity contribution in [2.24, 2.45) is 0 Å². The first-order chi connectivity index (χ1) is 12.4. The molecule has 1 unspecified atom stereocenters. The maximum atomic E-state index is 14.5. The lowest BCUT2D eigenvalue weighted by Crippen LogP contribution is -2.49. The molecule has 4 heterocycles. The number of nitrogens with one attached hydrogen (secondary N) is 1. The van der Waals surface area contributed by atoms with Gasteiger partial charge in [-0.15, -0.1) is 0 Å². The highest BCUT2D eigenvalue weighted by atomic mass is 19.1. The van der Waals surface area contributed by atoms with E-state index in [9.17, 15) is 19.1 Å². The van der Waals surface area contributed by atoms with E-state index in [1.165, 1.54) is 16.7 Å². The predicted octanol–water partition coefficient (Wildman–Crippen LogP) is 0.469. The minimum atomic E-state index is -1.52. The number of rotatable bonds is 3. The van der Waals surface area contributed by atoms with Crippen molar-refractivity contribution >= 4 is 17.1 Å². The van der Waals surface area contributed by atoms with Gasteiger partial charge in [-0.1, -0.05) is 0 Å². The molecule has 0 aliphatic carbocycles. The molecule has 2 aromatic rings. The number of hydrogen-bond acceptors (Lipinski definition) is 5. The first-order valence-corrected chi connectivity index (χ1v) is 8.50. The third-order valence-electron chi connectivity index (χ3n) is 5.24. The van der Waals surface area contributed by atoms with Gasteiger partial charge in [-0.3, -0.25) is 14.7 Å². The molecule has 4 rings (SSSR count). The van der Waals surface area contributed by atoms with Crippen molar-refractivity contribution in [3.8, 4) is 0 Å². The summed E-state index contributed by atoms with van der Waals surface area (Å²) in [7, 11) is 0. The number of aliphatic hydroxyl groups is 1. The number of hydrogen-bond donors (Lipinski definition) is 3. The van der Waals surface area contributed by atoms with Crippen LogP contribution in [0.25, 0.3) is 11.0 Å². The third-order valence-corrected chi connectivity index (χ3v) is 5.24. The largest absolute Gasteiger partial charge is 0.465 e. The van der Waals surface area contributed by atoms with E-state index in [1.807, 2.05) is 4.90 Å². The van der Waals surface area contributed by atoms with Gasteiger partial charge in [0.05, 0.1) is 29.3 Å². The number of amides is 1. The highest BCUT2D eigenvalue weighted by Crippen LogP contribution is 2.37. The van der Waals surface area contributed by atoms with E-state index in [1.54, 1.807) is 0 Å². The molecule has 0 bridgehead atoms. The van der Waals surface area contributed by atoms with Crippen molar-refractivity contribution in [1.29, 1.82) is 0 Å². The Morgan fingerprint density at radius 2 is 2.12 bits per heavy atom. The highest BCUT2D eigenvalue weighted by Gasteiger charge is 2.43. The summed E-state index contributed by atoms with van der Waals surface area (Å²) in [5.74, 6) is -0.626. The highest BCUT2D eigenvalue weighted by molar-refractivity contribution is 5.81. The smallest absolute Gasteiger partial charge is 0.404 e. The number of likely N-dealkylation sites (tertiary alicyclic amines) is 1. The molecule has 138 valence electrons. The van der Waals surface area contributed by atoms with Crippen LogP contribution in [0.2, 0.25) is 0 Å². The average molecular weight is 362 g/mol. The minimum Gasteiger partial charge on any atom is -0.465 e. The molecule has 2 aliphatic heterocycles. The molecular weight excluding hydrogens is 343 g/mol. The van der Waals surface area contributed by atoms with E-state index in [2.05, 4.69) is 10.3 Å². The van der Waals surface area contributed by atoms with Crippen LogP contribution >= 0.6 is 0 Å². The van der Waals surface area contributed by atoms with Gasteiger partial charge < -0.3 is 20.1 Å². The number of carboxylic acid groups (broad SMARTS) is 1. The Morgan fingerprint density at radius 1 is 1.38 bits per heavy atom. The van der Waals surface area contributed by atoms with Gasteiger partial charge in [-0.05, 0) is 18.9 Å². The zero-order valence-electron chi connectivity index (χ0n) is 14.0. The van der Waals surface area contributed by atoms with Gasteiger partial charge in [0.2, 0.25) is 0 Å². The van der Waals surface area contributed by atoms with Gasteiger partial charge >= 0.3 is 6.09 Å². The quantitative estimate of drug-likeness (QED) is 0.733. The monoisotopic (exact) mass is 362 g/mol. The number of halogens is 1. The maximum absolute atomic E-state index is 14.5. The standard InChI is InChI=1S/C17H19FN4O4/c18-11-7-19-12-1-2-13(23)22-9-17(26,14(11)15(12)22)8-21-5-3-10(4-6-21)20-16(24)25/h1-2,7,10,20,26H,3-6,8-9H2,(H,24,25). The molecule has 1 saturated heterocycles. The minimum absolute atomic E-state index is 0.0194. The van der Waals surface area contributed by atoms with E-state index in [-0.39, 0.29) is 30.3 Å². The normalized spacial score (nSPS) is 23.5. The van der Waals surface area contributed by atoms with Crippen molar-refractivity contribution in [1.82, 2.24) is 19.8 Å². The Kier molecular flexibility index (Phi) is 3.92. The van der Waals surface area contributed by atoms with E-state index in [4.69, 9.17) is 5.11 Å². The first kappa shape index (κ1) is 16.9. The summed E-state index contributed by atoms with van der Waals surface area (Å²) in [4.78, 5) is 28.9. The first-order valence-electron chi connectivity index (χ1n) is 8.50. The molecule has 1 amide bonds. The lowest BCUT2D eigenvalue weighted by atomic mass is 9.93. The van der Waals surface area contributed by atoms with E-state index >= 15 is 0 Å². The van der Waals surface area contributed by atoms with Crippen molar-refractivity contribution < 1.29 is 19.4 Å². The summed E-state index contributed by atoms with van der Waals surface area (Å²) in [5.41, 5.74) is -0.882. The molecule has 0 radical (unpaired) electrons. The molecule has 8 nitrogen and oxygen atoms in total. The number of carbonyl (C=O) groups is 1. The number of β-amino-alcohol motifs (C(OH)–C–C–N with tert-alkyl or cyclic N) is 1. The van der Waals surface area contributed by atoms with E-state index < -0.39 is 17.5 Å². The van der Waals surface area contributed by atoms with Crippen molar-refractivity contribution in [2.75, 3.05) is 19.6 Å². The van der Waals surface area contributed by atoms with Crippen LogP contribution in [0, 0.1) is 5.82 Å². The van der Waals surface area contributed by atoms with Gasteiger partial charge in [0.15, 0.2) is 0 Å². The lowest BCUT2D eigenvalue weighted by Gasteiger charge is -2.36. The molecular formula is C17H19FN4O4. The molecule has 0 aromatic carbocycles. The number of nitrogens with zero attached hydrogens (tertiary/aromatic N) is 3. The Balaban J connectivity index is 1.60. The number of aromatic nitrogens is 2. The topological polar surface area (TPSA) is 108 Å². The zero-order chi connectivity index (χ0) is 18.5. The van der Waals surface area contributed by atoms with Crippen LogP contribution in [0.4, 0.5) is 9.18 Å². The maximum Gasteiger partial charge on any atom is 0.404 e. The third kappa shape index (κ3) is 2.73. The summed E-state index contributed by atoms with van der Waals surface area (Å²) in [5, 5.41) is 22.5. The van der Waals surface area contributed by atoms with Gasteiger partial charge in [0, 0.05) is 31.7 Å². The van der Waals surface area contributed by atoms with Crippen LogP contribution in [0.1, 0.15) is 18.4 Å². The van der Waals surface area contributed by atoms with Crippen LogP contribution in [0.5, 0.6) is 0 Å². The SMILES string of the molecule is O=C(O)NC1CCN(CC2(O)Cn3c(=O)ccc4ncc(F)c2c43)CC1. The summed E-state index contributed by atoms with van der Waals surface area (Å²) in [6.45, 7) is 1.31. The van der Waals surface area contributed by atoms with Crippen LogP contribution in [-0.2, 0) is 12.1 Å². The van der Waals surface area contributed by atoms with Gasteiger partial charge in [-0.2, -0.15) is 0 Å². The Bertz CT molecular complexity index is 938. The number of piperidine rings is 1. The molecule has 3 N–H and O–H groups in total. The fraction of sp³-hybridized carbons (Fsp3) is 0.471. The van der Waals surface area contributed by atoms with Crippen molar-refractivity contribution in [3.63, 3.8) is 0 Å². The zero-order valence-corrected chi connectivity index (χ0v) is 14.0. The van der Waals surface area contributed by atoms with Gasteiger partial charge in [0.1, 0.15) is 11.4 Å². The Labute approximate surface area is 147 Å². The van der Waals surface area contributed by atoms with Crippen LogP contribution in [0.3, 0.4) is 0 Å². The molecule has 1 fully saturated rings. The second-order valence-electron chi connectivity index (χ2n) is 7.00. The number of pyridine rings is 2. The summed E-state index contributed by atoms with van der Waals surface area (Å²) in [6.07, 6.45) is 1.26. The van der Waals surface area contributed by atoms with Crippen LogP contribution in [0.15, 0.2) is 23.1 Å².